The molecule has 25 heavy (non-hydrogen) atoms. The minimum Gasteiger partial charge on any atom is -0.352 e. The Bertz CT molecular complexity index is 483. The monoisotopic (exact) mass is 352 g/mol. The molecule has 2 heterocycles. The van der Waals surface area contributed by atoms with Gasteiger partial charge in [-0.1, -0.05) is 20.3 Å². The number of primary amides is 1. The summed E-state index contributed by atoms with van der Waals surface area (Å²) in [6.45, 7) is 6.79. The molecule has 0 saturated carbocycles. The van der Waals surface area contributed by atoms with Crippen molar-refractivity contribution in [2.24, 2.45) is 17.6 Å². The number of nitrogens with two attached hydrogens (primary N) is 1. The van der Waals surface area contributed by atoms with E-state index in [1.165, 1.54) is 6.42 Å². The average molecular weight is 352 g/mol. The molecule has 0 bridgehead atoms. The summed E-state index contributed by atoms with van der Waals surface area (Å²) < 4.78 is 0. The maximum Gasteiger partial charge on any atom is 0.312 e. The van der Waals surface area contributed by atoms with Crippen molar-refractivity contribution >= 4 is 17.8 Å². The zero-order valence-corrected chi connectivity index (χ0v) is 15.5. The van der Waals surface area contributed by atoms with E-state index < -0.39 is 12.1 Å². The smallest absolute Gasteiger partial charge is 0.312 e. The summed E-state index contributed by atoms with van der Waals surface area (Å²) in [6, 6.07) is -1.26. The Kier molecular flexibility index (Phi) is 7.08. The fourth-order valence-electron chi connectivity index (χ4n) is 3.75. The van der Waals surface area contributed by atoms with E-state index in [4.69, 9.17) is 5.73 Å². The molecular formula is C18H32N4O3. The van der Waals surface area contributed by atoms with Crippen LogP contribution in [0, 0.1) is 11.8 Å². The Morgan fingerprint density at radius 2 is 1.64 bits per heavy atom. The molecule has 3 N–H and O–H groups in total. The van der Waals surface area contributed by atoms with Crippen LogP contribution in [-0.2, 0) is 9.59 Å². The van der Waals surface area contributed by atoms with Crippen molar-refractivity contribution in [3.63, 3.8) is 0 Å². The van der Waals surface area contributed by atoms with E-state index in [0.29, 0.717) is 25.9 Å². The second-order valence-corrected chi connectivity index (χ2v) is 7.36. The van der Waals surface area contributed by atoms with Gasteiger partial charge in [0.2, 0.25) is 11.8 Å². The number of hydrogen-bond acceptors (Lipinski definition) is 3. The number of urea groups is 1. The van der Waals surface area contributed by atoms with E-state index >= 15 is 0 Å². The number of amides is 4. The van der Waals surface area contributed by atoms with E-state index in [-0.39, 0.29) is 23.7 Å². The highest BCUT2D eigenvalue weighted by Gasteiger charge is 2.34. The predicted octanol–water partition coefficient (Wildman–Crippen LogP) is 1.32. The lowest BCUT2D eigenvalue weighted by atomic mass is 9.92. The molecule has 2 unspecified atom stereocenters. The second kappa shape index (κ2) is 9.06. The quantitative estimate of drug-likeness (QED) is 0.781. The summed E-state index contributed by atoms with van der Waals surface area (Å²) in [7, 11) is 0. The van der Waals surface area contributed by atoms with Crippen LogP contribution in [0.2, 0.25) is 0 Å². The average Bonchev–Trinajstić information content (AvgIpc) is 2.65. The highest BCUT2D eigenvalue weighted by atomic mass is 16.2. The van der Waals surface area contributed by atoms with Crippen LogP contribution in [0.4, 0.5) is 4.79 Å². The molecule has 2 aliphatic heterocycles. The van der Waals surface area contributed by atoms with Gasteiger partial charge in [-0.25, -0.2) is 4.79 Å². The molecule has 0 radical (unpaired) electrons. The topological polar surface area (TPSA) is 95.7 Å². The number of likely N-dealkylation sites (tertiary alicyclic amines) is 2. The number of carbonyl (C=O) groups excluding carboxylic acids is 3. The van der Waals surface area contributed by atoms with Crippen LogP contribution < -0.4 is 11.1 Å². The SMILES string of the molecule is CCC(C)C(NC(N)=O)C(=O)N1CCC(C(=O)N2CCCCC2)CC1. The lowest BCUT2D eigenvalue weighted by Crippen LogP contribution is -2.55. The van der Waals surface area contributed by atoms with Crippen molar-refractivity contribution in [2.75, 3.05) is 26.2 Å². The van der Waals surface area contributed by atoms with E-state index in [1.54, 1.807) is 4.90 Å². The van der Waals surface area contributed by atoms with Crippen molar-refractivity contribution in [3.05, 3.63) is 0 Å². The van der Waals surface area contributed by atoms with Crippen LogP contribution in [-0.4, -0.2) is 59.9 Å². The number of piperidine rings is 2. The van der Waals surface area contributed by atoms with E-state index in [0.717, 1.165) is 32.4 Å². The van der Waals surface area contributed by atoms with Gasteiger partial charge in [0.25, 0.3) is 0 Å². The first-order chi connectivity index (χ1) is 11.9. The number of rotatable bonds is 5. The molecule has 7 nitrogen and oxygen atoms in total. The van der Waals surface area contributed by atoms with Crippen LogP contribution in [0.15, 0.2) is 0 Å². The summed E-state index contributed by atoms with van der Waals surface area (Å²) >= 11 is 0. The van der Waals surface area contributed by atoms with Gasteiger partial charge in [-0.2, -0.15) is 0 Å². The van der Waals surface area contributed by atoms with E-state index in [2.05, 4.69) is 5.32 Å². The van der Waals surface area contributed by atoms with Gasteiger partial charge in [-0.15, -0.1) is 0 Å². The first kappa shape index (κ1) is 19.5. The zero-order valence-electron chi connectivity index (χ0n) is 15.5. The van der Waals surface area contributed by atoms with Gasteiger partial charge in [0.05, 0.1) is 0 Å². The summed E-state index contributed by atoms with van der Waals surface area (Å²) in [5.41, 5.74) is 5.23. The Labute approximate surface area is 150 Å². The maximum absolute atomic E-state index is 12.8. The van der Waals surface area contributed by atoms with Crippen LogP contribution in [0.3, 0.4) is 0 Å². The minimum absolute atomic E-state index is 0.0210. The molecule has 0 aromatic rings. The second-order valence-electron chi connectivity index (χ2n) is 7.36. The van der Waals surface area contributed by atoms with Gasteiger partial charge in [-0.05, 0) is 38.0 Å². The van der Waals surface area contributed by atoms with E-state index in [1.807, 2.05) is 18.7 Å². The Balaban J connectivity index is 1.90. The summed E-state index contributed by atoms with van der Waals surface area (Å²) in [5, 5.41) is 2.59. The van der Waals surface area contributed by atoms with Crippen molar-refractivity contribution in [3.8, 4) is 0 Å². The molecule has 7 heteroatoms. The molecule has 0 aromatic heterocycles. The maximum atomic E-state index is 12.8. The lowest BCUT2D eigenvalue weighted by Gasteiger charge is -2.37. The third-order valence-electron chi connectivity index (χ3n) is 5.60. The Hall–Kier alpha value is -1.79. The van der Waals surface area contributed by atoms with Gasteiger partial charge in [0, 0.05) is 32.1 Å². The van der Waals surface area contributed by atoms with Crippen LogP contribution >= 0.6 is 0 Å². The number of nitrogens with one attached hydrogen (secondary N) is 1. The molecule has 4 amide bonds. The highest BCUT2D eigenvalue weighted by molar-refractivity contribution is 5.87. The molecule has 2 fully saturated rings. The molecule has 2 atom stereocenters. The molecule has 0 aliphatic carbocycles. The minimum atomic E-state index is -0.672. The number of nitrogens with zero attached hydrogens (tertiary/aromatic N) is 2. The van der Waals surface area contributed by atoms with Crippen LogP contribution in [0.25, 0.3) is 0 Å². The van der Waals surface area contributed by atoms with Crippen LogP contribution in [0.1, 0.15) is 52.4 Å². The zero-order chi connectivity index (χ0) is 18.4. The summed E-state index contributed by atoms with van der Waals surface area (Å²) in [5.74, 6) is 0.207. The summed E-state index contributed by atoms with van der Waals surface area (Å²) in [4.78, 5) is 40.4. The van der Waals surface area contributed by atoms with Gasteiger partial charge in [0.1, 0.15) is 6.04 Å². The van der Waals surface area contributed by atoms with Gasteiger partial charge in [-0.3, -0.25) is 9.59 Å². The molecule has 2 aliphatic rings. The highest BCUT2D eigenvalue weighted by Crippen LogP contribution is 2.23. The fourth-order valence-corrected chi connectivity index (χ4v) is 3.75. The predicted molar refractivity (Wildman–Crippen MR) is 95.7 cm³/mol. The van der Waals surface area contributed by atoms with Crippen LogP contribution in [0.5, 0.6) is 0 Å². The molecule has 0 aromatic carbocycles. The first-order valence-electron chi connectivity index (χ1n) is 9.57. The normalized spacial score (nSPS) is 21.5. The van der Waals surface area contributed by atoms with Crippen molar-refractivity contribution in [1.29, 1.82) is 0 Å². The van der Waals surface area contributed by atoms with Crippen molar-refractivity contribution < 1.29 is 14.4 Å². The van der Waals surface area contributed by atoms with Crippen molar-refractivity contribution in [1.82, 2.24) is 15.1 Å². The molecule has 2 saturated heterocycles. The third kappa shape index (κ3) is 5.09. The fraction of sp³-hybridized carbons (Fsp3) is 0.833. The van der Waals surface area contributed by atoms with Gasteiger partial charge in [0.15, 0.2) is 0 Å². The van der Waals surface area contributed by atoms with Crippen molar-refractivity contribution in [2.45, 2.75) is 58.4 Å². The number of hydrogen-bond donors (Lipinski definition) is 2. The van der Waals surface area contributed by atoms with Gasteiger partial charge < -0.3 is 20.9 Å². The standard InChI is InChI=1S/C18H32N4O3/c1-3-13(2)15(20-18(19)25)17(24)22-11-7-14(8-12-22)16(23)21-9-5-4-6-10-21/h13-15H,3-12H2,1-2H3,(H3,19,20,25). The summed E-state index contributed by atoms with van der Waals surface area (Å²) in [6.07, 6.45) is 5.58. The molecule has 0 spiro atoms. The lowest BCUT2D eigenvalue weighted by molar-refractivity contribution is -0.142. The number of carbonyl (C=O) groups is 3. The molecular weight excluding hydrogens is 320 g/mol. The Morgan fingerprint density at radius 3 is 2.16 bits per heavy atom. The molecule has 2 rings (SSSR count). The molecule has 142 valence electrons. The van der Waals surface area contributed by atoms with E-state index in [9.17, 15) is 14.4 Å². The first-order valence-corrected chi connectivity index (χ1v) is 9.57. The Morgan fingerprint density at radius 1 is 1.04 bits per heavy atom. The van der Waals surface area contributed by atoms with Gasteiger partial charge >= 0.3 is 6.03 Å². The largest absolute Gasteiger partial charge is 0.352 e. The third-order valence-corrected chi connectivity index (χ3v) is 5.60.